The standard InChI is InChI=1S/C19H31N3O3/c1-13(2)22-9-7-19(8-10-22)6-5-16(24-19)12-20-18(23)11-17-14(3)21-25-15(17)4/h13,16H,5-12H2,1-4H3,(H,20,23). The molecule has 0 saturated carbocycles. The third-order valence-electron chi connectivity index (χ3n) is 5.82. The van der Waals surface area contributed by atoms with Crippen LogP contribution in [0, 0.1) is 13.8 Å². The first-order chi connectivity index (χ1) is 11.9. The van der Waals surface area contributed by atoms with Crippen LogP contribution in [0.2, 0.25) is 0 Å². The van der Waals surface area contributed by atoms with E-state index in [-0.39, 0.29) is 17.6 Å². The molecule has 1 spiro atoms. The van der Waals surface area contributed by atoms with E-state index in [0.717, 1.165) is 55.8 Å². The second kappa shape index (κ2) is 7.46. The Hall–Kier alpha value is -1.40. The van der Waals surface area contributed by atoms with Gasteiger partial charge >= 0.3 is 0 Å². The Balaban J connectivity index is 1.44. The van der Waals surface area contributed by atoms with Crippen molar-refractivity contribution in [3.05, 3.63) is 17.0 Å². The van der Waals surface area contributed by atoms with Crippen molar-refractivity contribution >= 4 is 5.91 Å². The lowest BCUT2D eigenvalue weighted by molar-refractivity contribution is -0.122. The minimum Gasteiger partial charge on any atom is -0.370 e. The van der Waals surface area contributed by atoms with Crippen LogP contribution >= 0.6 is 0 Å². The number of rotatable bonds is 5. The lowest BCUT2D eigenvalue weighted by Crippen LogP contribution is -2.47. The summed E-state index contributed by atoms with van der Waals surface area (Å²) >= 11 is 0. The third-order valence-corrected chi connectivity index (χ3v) is 5.82. The van der Waals surface area contributed by atoms with Crippen molar-refractivity contribution < 1.29 is 14.1 Å². The fourth-order valence-electron chi connectivity index (χ4n) is 4.06. The average molecular weight is 349 g/mol. The van der Waals surface area contributed by atoms with Gasteiger partial charge in [-0.25, -0.2) is 0 Å². The van der Waals surface area contributed by atoms with Crippen LogP contribution in [0.5, 0.6) is 0 Å². The molecule has 2 aliphatic rings. The molecule has 2 saturated heterocycles. The average Bonchev–Trinajstić information content (AvgIpc) is 3.12. The summed E-state index contributed by atoms with van der Waals surface area (Å²) in [6.45, 7) is 11.0. The fourth-order valence-corrected chi connectivity index (χ4v) is 4.06. The number of piperidine rings is 1. The van der Waals surface area contributed by atoms with Gasteiger partial charge in [0.05, 0.1) is 23.8 Å². The molecule has 2 aliphatic heterocycles. The zero-order valence-corrected chi connectivity index (χ0v) is 15.9. The molecule has 1 unspecified atom stereocenters. The van der Waals surface area contributed by atoms with Crippen molar-refractivity contribution in [2.45, 2.75) is 77.5 Å². The van der Waals surface area contributed by atoms with Gasteiger partial charge in [0.15, 0.2) is 0 Å². The van der Waals surface area contributed by atoms with E-state index >= 15 is 0 Å². The van der Waals surface area contributed by atoms with Gasteiger partial charge in [-0.1, -0.05) is 5.16 Å². The number of likely N-dealkylation sites (tertiary alicyclic amines) is 1. The Morgan fingerprint density at radius 1 is 1.32 bits per heavy atom. The van der Waals surface area contributed by atoms with Crippen LogP contribution in [0.15, 0.2) is 4.52 Å². The molecule has 1 amide bonds. The topological polar surface area (TPSA) is 67.6 Å². The number of carbonyl (C=O) groups excluding carboxylic acids is 1. The summed E-state index contributed by atoms with van der Waals surface area (Å²) in [6, 6.07) is 0.609. The van der Waals surface area contributed by atoms with Crippen molar-refractivity contribution in [1.82, 2.24) is 15.4 Å². The molecular formula is C19H31N3O3. The number of hydrogen-bond acceptors (Lipinski definition) is 5. The van der Waals surface area contributed by atoms with Crippen molar-refractivity contribution in [2.24, 2.45) is 0 Å². The molecule has 6 nitrogen and oxygen atoms in total. The number of carbonyl (C=O) groups is 1. The van der Waals surface area contributed by atoms with E-state index in [1.165, 1.54) is 0 Å². The van der Waals surface area contributed by atoms with Gasteiger partial charge in [0.1, 0.15) is 5.76 Å². The molecule has 0 radical (unpaired) electrons. The number of nitrogens with one attached hydrogen (secondary N) is 1. The fraction of sp³-hybridized carbons (Fsp3) is 0.789. The normalized spacial score (nSPS) is 23.5. The molecule has 1 atom stereocenters. The molecule has 3 rings (SSSR count). The van der Waals surface area contributed by atoms with Crippen LogP contribution in [0.25, 0.3) is 0 Å². The van der Waals surface area contributed by atoms with Crippen LogP contribution in [0.4, 0.5) is 0 Å². The molecule has 1 aromatic heterocycles. The molecule has 3 heterocycles. The highest BCUT2D eigenvalue weighted by Gasteiger charge is 2.42. The van der Waals surface area contributed by atoms with Crippen LogP contribution in [-0.2, 0) is 16.0 Å². The zero-order chi connectivity index (χ0) is 18.0. The van der Waals surface area contributed by atoms with Gasteiger partial charge < -0.3 is 19.5 Å². The maximum absolute atomic E-state index is 12.2. The van der Waals surface area contributed by atoms with Crippen LogP contribution in [0.1, 0.15) is 56.5 Å². The predicted molar refractivity (Wildman–Crippen MR) is 95.5 cm³/mol. The van der Waals surface area contributed by atoms with E-state index in [4.69, 9.17) is 9.26 Å². The van der Waals surface area contributed by atoms with Gasteiger partial charge in [-0.2, -0.15) is 0 Å². The van der Waals surface area contributed by atoms with Crippen LogP contribution in [-0.4, -0.2) is 53.3 Å². The smallest absolute Gasteiger partial charge is 0.224 e. The molecule has 0 aromatic carbocycles. The Kier molecular flexibility index (Phi) is 5.49. The second-order valence-electron chi connectivity index (χ2n) is 7.87. The first-order valence-electron chi connectivity index (χ1n) is 9.49. The van der Waals surface area contributed by atoms with Crippen molar-refractivity contribution in [2.75, 3.05) is 19.6 Å². The van der Waals surface area contributed by atoms with Crippen molar-refractivity contribution in [1.29, 1.82) is 0 Å². The van der Waals surface area contributed by atoms with Crippen molar-refractivity contribution in [3.8, 4) is 0 Å². The molecule has 140 valence electrons. The Labute approximate surface area is 150 Å². The maximum Gasteiger partial charge on any atom is 0.224 e. The Morgan fingerprint density at radius 3 is 2.64 bits per heavy atom. The van der Waals surface area contributed by atoms with E-state index in [2.05, 4.69) is 29.2 Å². The summed E-state index contributed by atoms with van der Waals surface area (Å²) in [5.41, 5.74) is 1.73. The van der Waals surface area contributed by atoms with E-state index in [9.17, 15) is 4.79 Å². The van der Waals surface area contributed by atoms with Gasteiger partial charge in [0.25, 0.3) is 0 Å². The number of hydrogen-bond donors (Lipinski definition) is 1. The first kappa shape index (κ1) is 18.4. The van der Waals surface area contributed by atoms with Crippen LogP contribution < -0.4 is 5.32 Å². The summed E-state index contributed by atoms with van der Waals surface area (Å²) in [5, 5.41) is 6.92. The summed E-state index contributed by atoms with van der Waals surface area (Å²) in [5.74, 6) is 0.731. The second-order valence-corrected chi connectivity index (χ2v) is 7.87. The van der Waals surface area contributed by atoms with Gasteiger partial charge in [0, 0.05) is 31.2 Å². The summed E-state index contributed by atoms with van der Waals surface area (Å²) in [4.78, 5) is 14.7. The quantitative estimate of drug-likeness (QED) is 0.884. The minimum absolute atomic E-state index is 0.00794. The molecule has 2 fully saturated rings. The maximum atomic E-state index is 12.2. The van der Waals surface area contributed by atoms with Gasteiger partial charge in [-0.05, 0) is 53.4 Å². The highest BCUT2D eigenvalue weighted by atomic mass is 16.5. The lowest BCUT2D eigenvalue weighted by atomic mass is 9.88. The monoisotopic (exact) mass is 349 g/mol. The molecule has 6 heteroatoms. The van der Waals surface area contributed by atoms with Gasteiger partial charge in [-0.15, -0.1) is 0 Å². The zero-order valence-electron chi connectivity index (χ0n) is 15.9. The first-order valence-corrected chi connectivity index (χ1v) is 9.49. The van der Waals surface area contributed by atoms with E-state index < -0.39 is 0 Å². The largest absolute Gasteiger partial charge is 0.370 e. The number of amides is 1. The molecule has 1 aromatic rings. The summed E-state index contributed by atoms with van der Waals surface area (Å²) < 4.78 is 11.5. The van der Waals surface area contributed by atoms with E-state index in [0.29, 0.717) is 19.0 Å². The van der Waals surface area contributed by atoms with E-state index in [1.807, 2.05) is 13.8 Å². The Bertz CT molecular complexity index is 584. The Morgan fingerprint density at radius 2 is 2.04 bits per heavy atom. The lowest BCUT2D eigenvalue weighted by Gasteiger charge is -2.40. The van der Waals surface area contributed by atoms with Crippen molar-refractivity contribution in [3.63, 3.8) is 0 Å². The van der Waals surface area contributed by atoms with Gasteiger partial charge in [0.2, 0.25) is 5.91 Å². The molecule has 0 aliphatic carbocycles. The highest BCUT2D eigenvalue weighted by molar-refractivity contribution is 5.79. The predicted octanol–water partition coefficient (Wildman–Crippen LogP) is 2.37. The third kappa shape index (κ3) is 4.23. The van der Waals surface area contributed by atoms with Gasteiger partial charge in [-0.3, -0.25) is 4.79 Å². The molecule has 0 bridgehead atoms. The number of aromatic nitrogens is 1. The SMILES string of the molecule is Cc1noc(C)c1CC(=O)NCC1CCC2(CCN(C(C)C)CC2)O1. The molecule has 1 N–H and O–H groups in total. The number of ether oxygens (including phenoxy) is 1. The minimum atomic E-state index is 0.00794. The van der Waals surface area contributed by atoms with E-state index in [1.54, 1.807) is 0 Å². The number of aryl methyl sites for hydroxylation is 2. The highest BCUT2D eigenvalue weighted by Crippen LogP contribution is 2.39. The van der Waals surface area contributed by atoms with Crippen LogP contribution in [0.3, 0.4) is 0 Å². The summed E-state index contributed by atoms with van der Waals surface area (Å²) in [7, 11) is 0. The summed E-state index contributed by atoms with van der Waals surface area (Å²) in [6.07, 6.45) is 4.82. The molecule has 25 heavy (non-hydrogen) atoms. The number of nitrogens with zero attached hydrogens (tertiary/aromatic N) is 2. The molecular weight excluding hydrogens is 318 g/mol.